The van der Waals surface area contributed by atoms with Crippen LogP contribution in [-0.4, -0.2) is 43.8 Å². The van der Waals surface area contributed by atoms with Gasteiger partial charge in [0, 0.05) is 28.2 Å². The summed E-state index contributed by atoms with van der Waals surface area (Å²) in [6, 6.07) is 15.8. The van der Waals surface area contributed by atoms with Gasteiger partial charge in [0.2, 0.25) is 11.8 Å². The van der Waals surface area contributed by atoms with Gasteiger partial charge in [-0.25, -0.2) is 8.42 Å². The second-order valence-electron chi connectivity index (χ2n) is 10.5. The number of hydrogen-bond acceptors (Lipinski definition) is 4. The molecule has 0 spiro atoms. The lowest BCUT2D eigenvalue weighted by atomic mass is 10.1. The van der Waals surface area contributed by atoms with Gasteiger partial charge in [-0.15, -0.1) is 0 Å². The number of rotatable bonds is 11. The maximum Gasteiger partial charge on any atom is 0.264 e. The van der Waals surface area contributed by atoms with Crippen LogP contribution in [0.3, 0.4) is 0 Å². The van der Waals surface area contributed by atoms with Crippen molar-refractivity contribution in [2.45, 2.75) is 71.5 Å². The summed E-state index contributed by atoms with van der Waals surface area (Å²) in [5.74, 6) is -0.917. The predicted octanol–water partition coefficient (Wildman–Crippen LogP) is 6.45. The van der Waals surface area contributed by atoms with Gasteiger partial charge in [-0.2, -0.15) is 0 Å². The van der Waals surface area contributed by atoms with E-state index in [4.69, 9.17) is 23.2 Å². The molecule has 2 amide bonds. The van der Waals surface area contributed by atoms with Crippen molar-refractivity contribution in [3.8, 4) is 0 Å². The Kier molecular flexibility index (Phi) is 10.9. The zero-order chi connectivity index (χ0) is 30.5. The molecule has 1 atom stereocenters. The average molecular weight is 619 g/mol. The van der Waals surface area contributed by atoms with E-state index in [1.54, 1.807) is 49.4 Å². The van der Waals surface area contributed by atoms with Crippen LogP contribution in [0.25, 0.3) is 0 Å². The molecule has 3 aromatic rings. The molecule has 0 aromatic heterocycles. The third-order valence-corrected chi connectivity index (χ3v) is 9.09. The average Bonchev–Trinajstić information content (AvgIpc) is 2.87. The first kappa shape index (κ1) is 32.4. The summed E-state index contributed by atoms with van der Waals surface area (Å²) >= 11 is 12.9. The topological polar surface area (TPSA) is 86.8 Å². The lowest BCUT2D eigenvalue weighted by molar-refractivity contribution is -0.140. The number of halogens is 2. The van der Waals surface area contributed by atoms with Crippen molar-refractivity contribution in [2.24, 2.45) is 0 Å². The number of aryl methyl sites for hydroxylation is 3. The van der Waals surface area contributed by atoms with Gasteiger partial charge < -0.3 is 10.2 Å². The van der Waals surface area contributed by atoms with E-state index >= 15 is 0 Å². The number of anilines is 1. The fourth-order valence-electron chi connectivity index (χ4n) is 4.61. The summed E-state index contributed by atoms with van der Waals surface area (Å²) in [4.78, 5) is 28.9. The van der Waals surface area contributed by atoms with Gasteiger partial charge in [-0.05, 0) is 88.6 Å². The second kappa shape index (κ2) is 13.7. The highest BCUT2D eigenvalue weighted by atomic mass is 35.5. The number of sulfonamides is 1. The minimum Gasteiger partial charge on any atom is -0.352 e. The Hall–Kier alpha value is -3.07. The Labute approximate surface area is 253 Å². The Morgan fingerprint density at radius 2 is 1.44 bits per heavy atom. The molecule has 0 aliphatic heterocycles. The number of carbonyl (C=O) groups is 2. The monoisotopic (exact) mass is 617 g/mol. The fourth-order valence-corrected chi connectivity index (χ4v) is 6.53. The molecule has 41 heavy (non-hydrogen) atoms. The summed E-state index contributed by atoms with van der Waals surface area (Å²) in [5, 5.41) is 3.56. The number of carbonyl (C=O) groups excluding carboxylic acids is 2. The van der Waals surface area contributed by atoms with Crippen molar-refractivity contribution in [1.82, 2.24) is 10.2 Å². The van der Waals surface area contributed by atoms with E-state index in [-0.39, 0.29) is 23.4 Å². The zero-order valence-electron chi connectivity index (χ0n) is 24.2. The van der Waals surface area contributed by atoms with Gasteiger partial charge in [0.05, 0.1) is 10.6 Å². The maximum absolute atomic E-state index is 14.2. The molecule has 10 heteroatoms. The Bertz CT molecular complexity index is 1470. The molecule has 0 saturated carbocycles. The summed E-state index contributed by atoms with van der Waals surface area (Å²) in [7, 11) is -4.16. The van der Waals surface area contributed by atoms with Crippen LogP contribution in [0, 0.1) is 20.8 Å². The number of hydrogen-bond donors (Lipinski definition) is 1. The number of nitrogens with zero attached hydrogens (tertiary/aromatic N) is 2. The summed E-state index contributed by atoms with van der Waals surface area (Å²) in [6.07, 6.45) is 0.292. The standard InChI is InChI=1S/C31H37Cl2N3O4S/c1-7-29(31(38)34-20(2)3)35(18-26-27(32)9-8-10-28(26)33)30(37)19-36(24-16-22(5)15-23(6)17-24)41(39,40)25-13-11-21(4)12-14-25/h8-17,20,29H,7,18-19H2,1-6H3,(H,34,38)/t29-/m0/s1. The molecule has 0 fully saturated rings. The minimum absolute atomic E-state index is 0.0559. The molecule has 3 aromatic carbocycles. The number of nitrogens with one attached hydrogen (secondary N) is 1. The van der Waals surface area contributed by atoms with Crippen molar-refractivity contribution < 1.29 is 18.0 Å². The SMILES string of the molecule is CC[C@@H](C(=O)NC(C)C)N(Cc1c(Cl)cccc1Cl)C(=O)CN(c1cc(C)cc(C)c1)S(=O)(=O)c1ccc(C)cc1. The van der Waals surface area contributed by atoms with Gasteiger partial charge in [0.25, 0.3) is 10.0 Å². The van der Waals surface area contributed by atoms with Gasteiger partial charge in [-0.3, -0.25) is 13.9 Å². The van der Waals surface area contributed by atoms with Crippen LogP contribution in [0.1, 0.15) is 49.4 Å². The van der Waals surface area contributed by atoms with Crippen LogP contribution in [0.15, 0.2) is 65.6 Å². The largest absolute Gasteiger partial charge is 0.352 e. The first-order chi connectivity index (χ1) is 19.2. The molecule has 0 aliphatic carbocycles. The third kappa shape index (κ3) is 8.03. The summed E-state index contributed by atoms with van der Waals surface area (Å²) in [6.45, 7) is 10.4. The second-order valence-corrected chi connectivity index (χ2v) is 13.2. The number of benzene rings is 3. The molecule has 0 unspecified atom stereocenters. The normalized spacial score (nSPS) is 12.2. The molecule has 0 radical (unpaired) electrons. The quantitative estimate of drug-likeness (QED) is 0.268. The summed E-state index contributed by atoms with van der Waals surface area (Å²) in [5.41, 5.74) is 3.42. The molecule has 3 rings (SSSR count). The van der Waals surface area contributed by atoms with Crippen molar-refractivity contribution in [2.75, 3.05) is 10.8 Å². The third-order valence-electron chi connectivity index (χ3n) is 6.59. The van der Waals surface area contributed by atoms with Crippen LogP contribution in [-0.2, 0) is 26.2 Å². The van der Waals surface area contributed by atoms with E-state index in [1.807, 2.05) is 40.7 Å². The van der Waals surface area contributed by atoms with Crippen LogP contribution >= 0.6 is 23.2 Å². The Morgan fingerprint density at radius 1 is 0.878 bits per heavy atom. The minimum atomic E-state index is -4.16. The van der Waals surface area contributed by atoms with Crippen molar-refractivity contribution in [3.63, 3.8) is 0 Å². The highest BCUT2D eigenvalue weighted by molar-refractivity contribution is 7.92. The smallest absolute Gasteiger partial charge is 0.264 e. The van der Waals surface area contributed by atoms with E-state index in [9.17, 15) is 18.0 Å². The van der Waals surface area contributed by atoms with E-state index in [0.717, 1.165) is 21.0 Å². The highest BCUT2D eigenvalue weighted by Gasteiger charge is 2.34. The van der Waals surface area contributed by atoms with E-state index in [0.29, 0.717) is 27.7 Å². The highest BCUT2D eigenvalue weighted by Crippen LogP contribution is 2.29. The first-order valence-electron chi connectivity index (χ1n) is 13.4. The van der Waals surface area contributed by atoms with Crippen LogP contribution in [0.2, 0.25) is 10.0 Å². The molecule has 7 nitrogen and oxygen atoms in total. The molecule has 0 bridgehead atoms. The first-order valence-corrected chi connectivity index (χ1v) is 15.6. The van der Waals surface area contributed by atoms with E-state index in [1.165, 1.54) is 17.0 Å². The summed E-state index contributed by atoms with van der Waals surface area (Å²) < 4.78 is 29.2. The number of amides is 2. The lowest BCUT2D eigenvalue weighted by Crippen LogP contribution is -2.53. The zero-order valence-corrected chi connectivity index (χ0v) is 26.6. The molecule has 0 aliphatic rings. The molecule has 220 valence electrons. The lowest BCUT2D eigenvalue weighted by Gasteiger charge is -2.34. The van der Waals surface area contributed by atoms with Crippen LogP contribution in [0.4, 0.5) is 5.69 Å². The molecular formula is C31H37Cl2N3O4S. The van der Waals surface area contributed by atoms with E-state index in [2.05, 4.69) is 5.32 Å². The van der Waals surface area contributed by atoms with Crippen LogP contribution < -0.4 is 9.62 Å². The van der Waals surface area contributed by atoms with Crippen molar-refractivity contribution >= 4 is 50.7 Å². The van der Waals surface area contributed by atoms with Crippen LogP contribution in [0.5, 0.6) is 0 Å². The van der Waals surface area contributed by atoms with Crippen molar-refractivity contribution in [1.29, 1.82) is 0 Å². The molecular weight excluding hydrogens is 581 g/mol. The van der Waals surface area contributed by atoms with Crippen molar-refractivity contribution in [3.05, 3.63) is 93.0 Å². The molecule has 0 saturated heterocycles. The Morgan fingerprint density at radius 3 is 1.95 bits per heavy atom. The predicted molar refractivity (Wildman–Crippen MR) is 166 cm³/mol. The maximum atomic E-state index is 14.2. The molecule has 0 heterocycles. The fraction of sp³-hybridized carbons (Fsp3) is 0.355. The van der Waals surface area contributed by atoms with Gasteiger partial charge in [-0.1, -0.05) is 60.0 Å². The van der Waals surface area contributed by atoms with Gasteiger partial charge >= 0.3 is 0 Å². The molecule has 1 N–H and O–H groups in total. The van der Waals surface area contributed by atoms with Gasteiger partial charge in [0.1, 0.15) is 12.6 Å². The van der Waals surface area contributed by atoms with E-state index < -0.39 is 28.5 Å². The van der Waals surface area contributed by atoms with Gasteiger partial charge in [0.15, 0.2) is 0 Å². The Balaban J connectivity index is 2.14.